The van der Waals surface area contributed by atoms with Crippen molar-refractivity contribution in [1.29, 1.82) is 0 Å². The van der Waals surface area contributed by atoms with Gasteiger partial charge in [-0.1, -0.05) is 45.7 Å². The fraction of sp³-hybridized carbons (Fsp3) is 0.654. The highest BCUT2D eigenvalue weighted by atomic mass is 16.6. The Morgan fingerprint density at radius 3 is 2.37 bits per heavy atom. The van der Waals surface area contributed by atoms with Gasteiger partial charge < -0.3 is 30.5 Å². The van der Waals surface area contributed by atoms with Crippen LogP contribution in [0.2, 0.25) is 0 Å². The maximum absolute atomic E-state index is 13.8. The van der Waals surface area contributed by atoms with E-state index in [9.17, 15) is 24.6 Å². The number of nitrogens with zero attached hydrogens (tertiary/aromatic N) is 1. The van der Waals surface area contributed by atoms with Crippen molar-refractivity contribution in [2.75, 3.05) is 19.7 Å². The minimum atomic E-state index is -1.10. The van der Waals surface area contributed by atoms with E-state index in [2.05, 4.69) is 17.6 Å². The van der Waals surface area contributed by atoms with Gasteiger partial charge >= 0.3 is 6.09 Å². The lowest BCUT2D eigenvalue weighted by atomic mass is 9.99. The Labute approximate surface area is 209 Å². The van der Waals surface area contributed by atoms with Crippen LogP contribution in [0.4, 0.5) is 4.79 Å². The van der Waals surface area contributed by atoms with Crippen LogP contribution in [-0.2, 0) is 14.3 Å². The Balaban J connectivity index is 3.34. The molecule has 198 valence electrons. The van der Waals surface area contributed by atoms with Crippen LogP contribution in [0.25, 0.3) is 0 Å². The molecule has 0 saturated heterocycles. The average Bonchev–Trinajstić information content (AvgIpc) is 2.74. The zero-order chi connectivity index (χ0) is 26.6. The summed E-state index contributed by atoms with van der Waals surface area (Å²) in [6.45, 7) is 11.0. The number of amides is 3. The quantitative estimate of drug-likeness (QED) is 0.311. The molecule has 3 amide bonds. The van der Waals surface area contributed by atoms with Gasteiger partial charge in [-0.15, -0.1) is 0 Å². The molecule has 2 atom stereocenters. The molecule has 2 unspecified atom stereocenters. The average molecular weight is 494 g/mol. The number of alkyl carbamates (subject to hydrolysis) is 1. The van der Waals surface area contributed by atoms with Crippen LogP contribution in [0.3, 0.4) is 0 Å². The summed E-state index contributed by atoms with van der Waals surface area (Å²) in [5.74, 6) is -0.935. The third-order valence-electron chi connectivity index (χ3n) is 5.15. The van der Waals surface area contributed by atoms with Gasteiger partial charge in [0, 0.05) is 13.1 Å². The highest BCUT2D eigenvalue weighted by molar-refractivity contribution is 5.92. The van der Waals surface area contributed by atoms with E-state index in [-0.39, 0.29) is 24.8 Å². The van der Waals surface area contributed by atoms with Crippen LogP contribution in [0, 0.1) is 5.92 Å². The SMILES string of the molecule is CCCCCNC(=O)C(c1cccc(O)c1)N(CCO)C(=O)C(CC(C)C)NC(=O)OC(C)(C)C. The molecule has 9 heteroatoms. The summed E-state index contributed by atoms with van der Waals surface area (Å²) >= 11 is 0. The molecule has 0 aliphatic carbocycles. The van der Waals surface area contributed by atoms with E-state index in [1.807, 2.05) is 13.8 Å². The number of carbonyl (C=O) groups is 3. The summed E-state index contributed by atoms with van der Waals surface area (Å²) in [4.78, 5) is 40.8. The molecular formula is C26H43N3O6. The number of aliphatic hydroxyl groups excluding tert-OH is 1. The van der Waals surface area contributed by atoms with E-state index in [0.717, 1.165) is 19.3 Å². The minimum absolute atomic E-state index is 0.0479. The van der Waals surface area contributed by atoms with Crippen LogP contribution >= 0.6 is 0 Å². The summed E-state index contributed by atoms with van der Waals surface area (Å²) in [5.41, 5.74) is -0.344. The lowest BCUT2D eigenvalue weighted by Gasteiger charge is -2.34. The zero-order valence-electron chi connectivity index (χ0n) is 22.0. The molecule has 0 radical (unpaired) electrons. The molecule has 0 aromatic heterocycles. The number of rotatable bonds is 13. The highest BCUT2D eigenvalue weighted by Gasteiger charge is 2.36. The minimum Gasteiger partial charge on any atom is -0.508 e. The smallest absolute Gasteiger partial charge is 0.408 e. The van der Waals surface area contributed by atoms with E-state index in [4.69, 9.17) is 4.74 Å². The topological polar surface area (TPSA) is 128 Å². The zero-order valence-corrected chi connectivity index (χ0v) is 22.0. The van der Waals surface area contributed by atoms with Gasteiger partial charge in [-0.25, -0.2) is 4.79 Å². The Bertz CT molecular complexity index is 822. The monoisotopic (exact) mass is 493 g/mol. The number of unbranched alkanes of at least 4 members (excludes halogenated alkanes) is 2. The van der Waals surface area contributed by atoms with E-state index < -0.39 is 35.6 Å². The van der Waals surface area contributed by atoms with Crippen molar-refractivity contribution in [1.82, 2.24) is 15.5 Å². The predicted molar refractivity (Wildman–Crippen MR) is 135 cm³/mol. The van der Waals surface area contributed by atoms with Crippen LogP contribution in [-0.4, -0.2) is 64.4 Å². The maximum Gasteiger partial charge on any atom is 0.408 e. The van der Waals surface area contributed by atoms with Gasteiger partial charge in [0.1, 0.15) is 23.4 Å². The summed E-state index contributed by atoms with van der Waals surface area (Å²) in [6.07, 6.45) is 2.31. The fourth-order valence-corrected chi connectivity index (χ4v) is 3.67. The molecule has 0 heterocycles. The fourth-order valence-electron chi connectivity index (χ4n) is 3.67. The van der Waals surface area contributed by atoms with Crippen molar-refractivity contribution in [2.45, 2.75) is 84.9 Å². The number of phenolic OH excluding ortho intramolecular Hbond substituents is 1. The molecule has 9 nitrogen and oxygen atoms in total. The van der Waals surface area contributed by atoms with Crippen LogP contribution in [0.5, 0.6) is 5.75 Å². The van der Waals surface area contributed by atoms with E-state index in [1.165, 1.54) is 17.0 Å². The first kappa shape index (κ1) is 30.2. The first-order valence-corrected chi connectivity index (χ1v) is 12.4. The van der Waals surface area contributed by atoms with Crippen molar-refractivity contribution in [2.24, 2.45) is 5.92 Å². The Morgan fingerprint density at radius 2 is 1.83 bits per heavy atom. The van der Waals surface area contributed by atoms with Gasteiger partial charge in [-0.2, -0.15) is 0 Å². The van der Waals surface area contributed by atoms with Crippen molar-refractivity contribution in [3.63, 3.8) is 0 Å². The number of aromatic hydroxyl groups is 1. The molecule has 0 fully saturated rings. The third-order valence-corrected chi connectivity index (χ3v) is 5.15. The molecule has 1 aromatic carbocycles. The summed E-state index contributed by atoms with van der Waals surface area (Å²) < 4.78 is 5.34. The Morgan fingerprint density at radius 1 is 1.14 bits per heavy atom. The second kappa shape index (κ2) is 14.6. The largest absolute Gasteiger partial charge is 0.508 e. The second-order valence-corrected chi connectivity index (χ2v) is 10.1. The van der Waals surface area contributed by atoms with Crippen LogP contribution in [0.1, 0.15) is 78.8 Å². The Kier molecular flexibility index (Phi) is 12.6. The van der Waals surface area contributed by atoms with Gasteiger partial charge in [-0.05, 0) is 57.2 Å². The first-order valence-electron chi connectivity index (χ1n) is 12.4. The van der Waals surface area contributed by atoms with Crippen molar-refractivity contribution >= 4 is 17.9 Å². The van der Waals surface area contributed by atoms with Gasteiger partial charge in [-0.3, -0.25) is 9.59 Å². The lowest BCUT2D eigenvalue weighted by Crippen LogP contribution is -2.54. The summed E-state index contributed by atoms with van der Waals surface area (Å²) in [7, 11) is 0. The number of benzene rings is 1. The number of hydrogen-bond acceptors (Lipinski definition) is 6. The highest BCUT2D eigenvalue weighted by Crippen LogP contribution is 2.26. The molecule has 4 N–H and O–H groups in total. The van der Waals surface area contributed by atoms with Crippen LogP contribution in [0.15, 0.2) is 24.3 Å². The van der Waals surface area contributed by atoms with Crippen LogP contribution < -0.4 is 10.6 Å². The van der Waals surface area contributed by atoms with Crippen molar-refractivity contribution < 1.29 is 29.3 Å². The predicted octanol–water partition coefficient (Wildman–Crippen LogP) is 3.50. The lowest BCUT2D eigenvalue weighted by molar-refractivity contribution is -0.143. The Hall–Kier alpha value is -2.81. The van der Waals surface area contributed by atoms with E-state index >= 15 is 0 Å². The standard InChI is InChI=1S/C26H43N3O6/c1-7-8-9-13-27-23(32)22(19-11-10-12-20(31)17-19)29(14-15-30)24(33)21(16-18(2)3)28-25(34)35-26(4,5)6/h10-12,17-18,21-22,30-31H,7-9,13-16H2,1-6H3,(H,27,32)(H,28,34). The summed E-state index contributed by atoms with van der Waals surface area (Å²) in [6, 6.07) is 4.07. The number of phenols is 1. The number of aliphatic hydroxyl groups is 1. The maximum atomic E-state index is 13.8. The third kappa shape index (κ3) is 11.0. The molecule has 1 aromatic rings. The number of carbonyl (C=O) groups excluding carboxylic acids is 3. The van der Waals surface area contributed by atoms with Gasteiger partial charge in [0.15, 0.2) is 0 Å². The number of ether oxygens (including phenoxy) is 1. The molecule has 0 aliphatic rings. The van der Waals surface area contributed by atoms with Gasteiger partial charge in [0.25, 0.3) is 0 Å². The first-order chi connectivity index (χ1) is 16.4. The molecule has 0 bridgehead atoms. The summed E-state index contributed by atoms with van der Waals surface area (Å²) in [5, 5.41) is 25.3. The number of hydrogen-bond donors (Lipinski definition) is 4. The molecule has 1 rings (SSSR count). The van der Waals surface area contributed by atoms with Gasteiger partial charge in [0.05, 0.1) is 6.61 Å². The molecule has 35 heavy (non-hydrogen) atoms. The molecule has 0 aliphatic heterocycles. The van der Waals surface area contributed by atoms with Crippen molar-refractivity contribution in [3.05, 3.63) is 29.8 Å². The molecule has 0 spiro atoms. The number of nitrogens with one attached hydrogen (secondary N) is 2. The van der Waals surface area contributed by atoms with Gasteiger partial charge in [0.2, 0.25) is 11.8 Å². The van der Waals surface area contributed by atoms with E-state index in [0.29, 0.717) is 18.5 Å². The molecular weight excluding hydrogens is 450 g/mol. The van der Waals surface area contributed by atoms with E-state index in [1.54, 1.807) is 32.9 Å². The van der Waals surface area contributed by atoms with Crippen molar-refractivity contribution in [3.8, 4) is 5.75 Å². The molecule has 0 saturated carbocycles. The normalized spacial score (nSPS) is 13.1. The second-order valence-electron chi connectivity index (χ2n) is 10.1.